The molecular weight excluding hydrogens is 312 g/mol. The van der Waals surface area contributed by atoms with Crippen LogP contribution in [-0.2, 0) is 0 Å². The number of hydrogen-bond acceptors (Lipinski definition) is 7. The van der Waals surface area contributed by atoms with Crippen molar-refractivity contribution in [1.82, 2.24) is 20.4 Å². The number of rotatable bonds is 3. The first-order chi connectivity index (χ1) is 9.65. The minimum absolute atomic E-state index is 0. The van der Waals surface area contributed by atoms with E-state index in [0.29, 0.717) is 17.3 Å². The molecule has 1 unspecified atom stereocenters. The zero-order valence-electron chi connectivity index (χ0n) is 11.8. The third kappa shape index (κ3) is 3.32. The first-order valence-corrected chi connectivity index (χ1v) is 7.37. The quantitative estimate of drug-likeness (QED) is 0.869. The Morgan fingerprint density at radius 3 is 3.05 bits per heavy atom. The van der Waals surface area contributed by atoms with Gasteiger partial charge in [0.05, 0.1) is 10.9 Å². The van der Waals surface area contributed by atoms with Gasteiger partial charge in [0.25, 0.3) is 5.89 Å². The number of hydrogen-bond donors (Lipinski definition) is 1. The van der Waals surface area contributed by atoms with Crippen molar-refractivity contribution < 1.29 is 9.32 Å². The SMILES string of the molecule is CC(=O)c1csc(-c2nc(C3CNCCN3C)no2)c1.Cl. The van der Waals surface area contributed by atoms with E-state index in [1.54, 1.807) is 13.0 Å². The van der Waals surface area contributed by atoms with E-state index in [9.17, 15) is 4.79 Å². The van der Waals surface area contributed by atoms with Gasteiger partial charge in [0.1, 0.15) is 0 Å². The molecule has 1 aliphatic heterocycles. The van der Waals surface area contributed by atoms with Crippen molar-refractivity contribution >= 4 is 29.5 Å². The molecule has 0 spiro atoms. The smallest absolute Gasteiger partial charge is 0.268 e. The van der Waals surface area contributed by atoms with E-state index in [1.807, 2.05) is 5.38 Å². The molecule has 1 N–H and O–H groups in total. The molecule has 1 aliphatic rings. The summed E-state index contributed by atoms with van der Waals surface area (Å²) >= 11 is 1.45. The second-order valence-electron chi connectivity index (χ2n) is 4.91. The molecule has 2 aromatic heterocycles. The summed E-state index contributed by atoms with van der Waals surface area (Å²) in [7, 11) is 2.06. The van der Waals surface area contributed by atoms with Gasteiger partial charge in [-0.1, -0.05) is 5.16 Å². The van der Waals surface area contributed by atoms with Crippen LogP contribution in [0.2, 0.25) is 0 Å². The van der Waals surface area contributed by atoms with E-state index >= 15 is 0 Å². The molecule has 1 saturated heterocycles. The third-order valence-electron chi connectivity index (χ3n) is 3.47. The van der Waals surface area contributed by atoms with Crippen LogP contribution in [0.4, 0.5) is 0 Å². The Hall–Kier alpha value is -1.28. The van der Waals surface area contributed by atoms with Gasteiger partial charge >= 0.3 is 0 Å². The average Bonchev–Trinajstić information content (AvgIpc) is 3.08. The van der Waals surface area contributed by atoms with E-state index in [-0.39, 0.29) is 24.2 Å². The minimum atomic E-state index is 0. The van der Waals surface area contributed by atoms with Gasteiger partial charge in [-0.2, -0.15) is 4.98 Å². The highest BCUT2D eigenvalue weighted by atomic mass is 35.5. The lowest BCUT2D eigenvalue weighted by molar-refractivity contribution is 0.101. The van der Waals surface area contributed by atoms with Crippen molar-refractivity contribution in [3.63, 3.8) is 0 Å². The van der Waals surface area contributed by atoms with E-state index in [1.165, 1.54) is 11.3 Å². The summed E-state index contributed by atoms with van der Waals surface area (Å²) in [5.74, 6) is 1.22. The second kappa shape index (κ2) is 6.65. The van der Waals surface area contributed by atoms with Crippen molar-refractivity contribution in [3.05, 3.63) is 22.8 Å². The van der Waals surface area contributed by atoms with E-state index in [0.717, 1.165) is 24.5 Å². The Morgan fingerprint density at radius 1 is 1.57 bits per heavy atom. The minimum Gasteiger partial charge on any atom is -0.333 e. The predicted octanol–water partition coefficient (Wildman–Crippen LogP) is 2.00. The van der Waals surface area contributed by atoms with Crippen LogP contribution in [0, 0.1) is 0 Å². The summed E-state index contributed by atoms with van der Waals surface area (Å²) in [5, 5.41) is 9.22. The Kier molecular flexibility index (Phi) is 5.10. The molecule has 0 saturated carbocycles. The summed E-state index contributed by atoms with van der Waals surface area (Å²) in [4.78, 5) is 18.8. The van der Waals surface area contributed by atoms with Crippen LogP contribution in [0.3, 0.4) is 0 Å². The molecule has 114 valence electrons. The lowest BCUT2D eigenvalue weighted by atomic mass is 10.2. The summed E-state index contributed by atoms with van der Waals surface area (Å²) in [6, 6.07) is 1.93. The monoisotopic (exact) mass is 328 g/mol. The largest absolute Gasteiger partial charge is 0.333 e. The van der Waals surface area contributed by atoms with Crippen LogP contribution in [0.25, 0.3) is 10.8 Å². The highest BCUT2D eigenvalue weighted by Crippen LogP contribution is 2.28. The number of likely N-dealkylation sites (N-methyl/N-ethyl adjacent to an activating group) is 1. The van der Waals surface area contributed by atoms with Crippen LogP contribution in [0.5, 0.6) is 0 Å². The molecule has 1 fully saturated rings. The van der Waals surface area contributed by atoms with Crippen LogP contribution < -0.4 is 5.32 Å². The standard InChI is InChI=1S/C13H16N4O2S.ClH/c1-8(18)9-5-11(20-7-9)13-15-12(16-19-13)10-6-14-3-4-17(10)2;/h5,7,10,14H,3-4,6H2,1-2H3;1H. The van der Waals surface area contributed by atoms with Gasteiger partial charge in [-0.15, -0.1) is 23.7 Å². The van der Waals surface area contributed by atoms with Gasteiger partial charge in [-0.25, -0.2) is 0 Å². The Labute approximate surface area is 132 Å². The Morgan fingerprint density at radius 2 is 2.38 bits per heavy atom. The maximum Gasteiger partial charge on any atom is 0.268 e. The Balaban J connectivity index is 0.00000161. The molecule has 3 heterocycles. The molecule has 8 heteroatoms. The highest BCUT2D eigenvalue weighted by molar-refractivity contribution is 7.13. The molecule has 0 bridgehead atoms. The summed E-state index contributed by atoms with van der Waals surface area (Å²) in [6.07, 6.45) is 0. The van der Waals surface area contributed by atoms with Gasteiger partial charge in [0, 0.05) is 30.6 Å². The molecule has 2 aromatic rings. The van der Waals surface area contributed by atoms with Crippen molar-refractivity contribution in [2.24, 2.45) is 0 Å². The fourth-order valence-electron chi connectivity index (χ4n) is 2.20. The van der Waals surface area contributed by atoms with Gasteiger partial charge in [-0.3, -0.25) is 9.69 Å². The van der Waals surface area contributed by atoms with Gasteiger partial charge in [0.15, 0.2) is 11.6 Å². The lowest BCUT2D eigenvalue weighted by Crippen LogP contribution is -2.44. The number of aromatic nitrogens is 2. The zero-order valence-corrected chi connectivity index (χ0v) is 13.5. The normalized spacial score (nSPS) is 19.2. The van der Waals surface area contributed by atoms with Crippen molar-refractivity contribution in [2.75, 3.05) is 26.7 Å². The van der Waals surface area contributed by atoms with Crippen molar-refractivity contribution in [1.29, 1.82) is 0 Å². The number of nitrogens with one attached hydrogen (secondary N) is 1. The third-order valence-corrected chi connectivity index (χ3v) is 4.39. The summed E-state index contributed by atoms with van der Waals surface area (Å²) in [5.41, 5.74) is 0.682. The zero-order chi connectivity index (χ0) is 14.1. The number of ketones is 1. The molecular formula is C13H17ClN4O2S. The molecule has 0 radical (unpaired) electrons. The average molecular weight is 329 g/mol. The Bertz CT molecular complexity index is 627. The van der Waals surface area contributed by atoms with E-state index in [2.05, 4.69) is 27.4 Å². The van der Waals surface area contributed by atoms with Gasteiger partial charge < -0.3 is 9.84 Å². The topological polar surface area (TPSA) is 71.3 Å². The highest BCUT2D eigenvalue weighted by Gasteiger charge is 2.25. The molecule has 21 heavy (non-hydrogen) atoms. The molecule has 0 amide bonds. The number of piperazine rings is 1. The van der Waals surface area contributed by atoms with Crippen LogP contribution in [-0.4, -0.2) is 47.5 Å². The first-order valence-electron chi connectivity index (χ1n) is 6.49. The van der Waals surface area contributed by atoms with Crippen LogP contribution in [0.15, 0.2) is 16.0 Å². The fourth-order valence-corrected chi connectivity index (χ4v) is 3.06. The first kappa shape index (κ1) is 16.1. The van der Waals surface area contributed by atoms with E-state index in [4.69, 9.17) is 4.52 Å². The summed E-state index contributed by atoms with van der Waals surface area (Å²) < 4.78 is 5.33. The van der Waals surface area contributed by atoms with Gasteiger partial charge in [-0.05, 0) is 20.0 Å². The van der Waals surface area contributed by atoms with Crippen molar-refractivity contribution in [3.8, 4) is 10.8 Å². The van der Waals surface area contributed by atoms with Crippen LogP contribution >= 0.6 is 23.7 Å². The maximum absolute atomic E-state index is 11.3. The lowest BCUT2D eigenvalue weighted by Gasteiger charge is -2.30. The number of nitrogens with zero attached hydrogens (tertiary/aromatic N) is 3. The van der Waals surface area contributed by atoms with Crippen molar-refractivity contribution in [2.45, 2.75) is 13.0 Å². The number of carbonyl (C=O) groups is 1. The predicted molar refractivity (Wildman–Crippen MR) is 83.1 cm³/mol. The van der Waals surface area contributed by atoms with Gasteiger partial charge in [0.2, 0.25) is 0 Å². The number of halogens is 1. The maximum atomic E-state index is 11.3. The number of carbonyl (C=O) groups excluding carboxylic acids is 1. The molecule has 1 atom stereocenters. The molecule has 0 aromatic carbocycles. The second-order valence-corrected chi connectivity index (χ2v) is 5.83. The molecule has 6 nitrogen and oxygen atoms in total. The van der Waals surface area contributed by atoms with Crippen LogP contribution in [0.1, 0.15) is 29.1 Å². The molecule has 3 rings (SSSR count). The number of thiophene rings is 1. The molecule has 0 aliphatic carbocycles. The fraction of sp³-hybridized carbons (Fsp3) is 0.462. The number of Topliss-reactive ketones (excluding diaryl/α,β-unsaturated/α-hetero) is 1. The summed E-state index contributed by atoms with van der Waals surface area (Å²) in [6.45, 7) is 4.30. The van der Waals surface area contributed by atoms with E-state index < -0.39 is 0 Å².